The van der Waals surface area contributed by atoms with Gasteiger partial charge in [0.15, 0.2) is 0 Å². The molecule has 1 saturated carbocycles. The van der Waals surface area contributed by atoms with Crippen molar-refractivity contribution >= 4 is 5.91 Å². The monoisotopic (exact) mass is 229 g/mol. The van der Waals surface area contributed by atoms with Crippen LogP contribution in [0.25, 0.3) is 0 Å². The standard InChI is InChI=1S/C12H23NO3/c1-9(7-8-16-2)12(15)13-10-5-3-4-6-11(10)14/h9-11,14H,3-8H2,1-2H3,(H,13,15). The van der Waals surface area contributed by atoms with Crippen molar-refractivity contribution < 1.29 is 14.6 Å². The Morgan fingerprint density at radius 3 is 2.81 bits per heavy atom. The molecule has 0 saturated heterocycles. The number of aliphatic hydroxyl groups excluding tert-OH is 1. The van der Waals surface area contributed by atoms with Gasteiger partial charge >= 0.3 is 0 Å². The Kier molecular flexibility index (Phi) is 5.77. The van der Waals surface area contributed by atoms with Crippen molar-refractivity contribution in [2.75, 3.05) is 13.7 Å². The molecular weight excluding hydrogens is 206 g/mol. The van der Waals surface area contributed by atoms with Gasteiger partial charge in [-0.05, 0) is 19.3 Å². The SMILES string of the molecule is COCCC(C)C(=O)NC1CCCCC1O. The van der Waals surface area contributed by atoms with Crippen LogP contribution in [0.2, 0.25) is 0 Å². The second kappa shape index (κ2) is 6.86. The first-order valence-electron chi connectivity index (χ1n) is 6.12. The first-order valence-corrected chi connectivity index (χ1v) is 6.12. The summed E-state index contributed by atoms with van der Waals surface area (Å²) < 4.78 is 4.94. The molecule has 3 atom stereocenters. The highest BCUT2D eigenvalue weighted by Gasteiger charge is 2.25. The Labute approximate surface area is 97.4 Å². The molecule has 94 valence electrons. The van der Waals surface area contributed by atoms with E-state index in [2.05, 4.69) is 5.32 Å². The van der Waals surface area contributed by atoms with Crippen molar-refractivity contribution in [1.82, 2.24) is 5.32 Å². The predicted molar refractivity (Wildman–Crippen MR) is 62.1 cm³/mol. The van der Waals surface area contributed by atoms with E-state index in [0.717, 1.165) is 32.1 Å². The van der Waals surface area contributed by atoms with Crippen molar-refractivity contribution in [3.8, 4) is 0 Å². The van der Waals surface area contributed by atoms with Gasteiger partial charge in [0.05, 0.1) is 12.1 Å². The number of carbonyl (C=O) groups excluding carboxylic acids is 1. The van der Waals surface area contributed by atoms with Gasteiger partial charge in [0.1, 0.15) is 0 Å². The number of ether oxygens (including phenoxy) is 1. The molecular formula is C12H23NO3. The van der Waals surface area contributed by atoms with Crippen LogP contribution in [0.4, 0.5) is 0 Å². The summed E-state index contributed by atoms with van der Waals surface area (Å²) in [6.45, 7) is 2.49. The Balaban J connectivity index is 2.31. The first kappa shape index (κ1) is 13.5. The van der Waals surface area contributed by atoms with Crippen LogP contribution in [0.15, 0.2) is 0 Å². The Morgan fingerprint density at radius 2 is 2.19 bits per heavy atom. The van der Waals surface area contributed by atoms with Crippen LogP contribution in [0.3, 0.4) is 0 Å². The van der Waals surface area contributed by atoms with Gasteiger partial charge < -0.3 is 15.2 Å². The maximum Gasteiger partial charge on any atom is 0.223 e. The normalized spacial score (nSPS) is 27.4. The van der Waals surface area contributed by atoms with Gasteiger partial charge in [-0.15, -0.1) is 0 Å². The van der Waals surface area contributed by atoms with E-state index in [1.54, 1.807) is 7.11 Å². The number of nitrogens with one attached hydrogen (secondary N) is 1. The molecule has 2 N–H and O–H groups in total. The lowest BCUT2D eigenvalue weighted by Gasteiger charge is -2.29. The van der Waals surface area contributed by atoms with Crippen molar-refractivity contribution in [3.63, 3.8) is 0 Å². The summed E-state index contributed by atoms with van der Waals surface area (Å²) in [6, 6.07) is -0.0498. The van der Waals surface area contributed by atoms with E-state index in [-0.39, 0.29) is 24.0 Å². The molecule has 4 nitrogen and oxygen atoms in total. The number of methoxy groups -OCH3 is 1. The van der Waals surface area contributed by atoms with Crippen LogP contribution in [0.1, 0.15) is 39.0 Å². The molecule has 0 heterocycles. The summed E-state index contributed by atoms with van der Waals surface area (Å²) in [5.41, 5.74) is 0. The average molecular weight is 229 g/mol. The van der Waals surface area contributed by atoms with E-state index in [9.17, 15) is 9.90 Å². The second-order valence-electron chi connectivity index (χ2n) is 4.65. The fourth-order valence-corrected chi connectivity index (χ4v) is 2.03. The van der Waals surface area contributed by atoms with Crippen molar-refractivity contribution in [2.24, 2.45) is 5.92 Å². The Bertz CT molecular complexity index is 220. The molecule has 3 unspecified atom stereocenters. The van der Waals surface area contributed by atoms with E-state index in [1.807, 2.05) is 6.92 Å². The minimum Gasteiger partial charge on any atom is -0.391 e. The molecule has 0 radical (unpaired) electrons. The van der Waals surface area contributed by atoms with Gasteiger partial charge in [0, 0.05) is 19.6 Å². The van der Waals surface area contributed by atoms with Gasteiger partial charge in [-0.2, -0.15) is 0 Å². The molecule has 0 spiro atoms. The summed E-state index contributed by atoms with van der Waals surface area (Å²) in [5, 5.41) is 12.7. The van der Waals surface area contributed by atoms with Gasteiger partial charge in [-0.25, -0.2) is 0 Å². The lowest BCUT2D eigenvalue weighted by atomic mass is 9.92. The third-order valence-electron chi connectivity index (χ3n) is 3.26. The molecule has 0 aliphatic heterocycles. The number of hydrogen-bond donors (Lipinski definition) is 2. The molecule has 1 aliphatic carbocycles. The quantitative estimate of drug-likeness (QED) is 0.741. The van der Waals surface area contributed by atoms with Gasteiger partial charge in [0.25, 0.3) is 0 Å². The topological polar surface area (TPSA) is 58.6 Å². The highest BCUT2D eigenvalue weighted by molar-refractivity contribution is 5.78. The van der Waals surface area contributed by atoms with E-state index >= 15 is 0 Å². The van der Waals surface area contributed by atoms with Crippen LogP contribution in [0.5, 0.6) is 0 Å². The minimum absolute atomic E-state index is 0.0306. The maximum absolute atomic E-state index is 11.8. The molecule has 1 rings (SSSR count). The van der Waals surface area contributed by atoms with E-state index in [1.165, 1.54) is 0 Å². The third-order valence-corrected chi connectivity index (χ3v) is 3.26. The number of aliphatic hydroxyl groups is 1. The third kappa shape index (κ3) is 4.10. The highest BCUT2D eigenvalue weighted by atomic mass is 16.5. The summed E-state index contributed by atoms with van der Waals surface area (Å²) in [5.74, 6) is -0.0166. The number of hydrogen-bond acceptors (Lipinski definition) is 3. The van der Waals surface area contributed by atoms with Crippen LogP contribution < -0.4 is 5.32 Å². The Morgan fingerprint density at radius 1 is 1.50 bits per heavy atom. The molecule has 4 heteroatoms. The number of rotatable bonds is 5. The zero-order valence-corrected chi connectivity index (χ0v) is 10.2. The largest absolute Gasteiger partial charge is 0.391 e. The summed E-state index contributed by atoms with van der Waals surface area (Å²) in [7, 11) is 1.63. The fraction of sp³-hybridized carbons (Fsp3) is 0.917. The molecule has 0 aromatic carbocycles. The molecule has 1 amide bonds. The lowest BCUT2D eigenvalue weighted by molar-refractivity contribution is -0.127. The summed E-state index contributed by atoms with van der Waals surface area (Å²) in [4.78, 5) is 11.8. The van der Waals surface area contributed by atoms with Gasteiger partial charge in [0.2, 0.25) is 5.91 Å². The molecule has 1 fully saturated rings. The molecule has 0 aromatic rings. The molecule has 1 aliphatic rings. The Hall–Kier alpha value is -0.610. The molecule has 16 heavy (non-hydrogen) atoms. The zero-order valence-electron chi connectivity index (χ0n) is 10.2. The zero-order chi connectivity index (χ0) is 12.0. The van der Waals surface area contributed by atoms with E-state index in [4.69, 9.17) is 4.74 Å². The minimum atomic E-state index is -0.368. The van der Waals surface area contributed by atoms with Gasteiger partial charge in [-0.1, -0.05) is 19.8 Å². The van der Waals surface area contributed by atoms with E-state index < -0.39 is 0 Å². The summed E-state index contributed by atoms with van der Waals surface area (Å²) >= 11 is 0. The van der Waals surface area contributed by atoms with Crippen LogP contribution in [-0.2, 0) is 9.53 Å². The highest BCUT2D eigenvalue weighted by Crippen LogP contribution is 2.18. The van der Waals surface area contributed by atoms with Gasteiger partial charge in [-0.3, -0.25) is 4.79 Å². The van der Waals surface area contributed by atoms with Crippen molar-refractivity contribution in [2.45, 2.75) is 51.2 Å². The van der Waals surface area contributed by atoms with Crippen LogP contribution in [-0.4, -0.2) is 36.9 Å². The number of carbonyl (C=O) groups is 1. The fourth-order valence-electron chi connectivity index (χ4n) is 2.03. The average Bonchev–Trinajstić information content (AvgIpc) is 2.28. The maximum atomic E-state index is 11.8. The van der Waals surface area contributed by atoms with E-state index in [0.29, 0.717) is 6.61 Å². The lowest BCUT2D eigenvalue weighted by Crippen LogP contribution is -2.46. The first-order chi connectivity index (χ1) is 7.65. The van der Waals surface area contributed by atoms with Crippen molar-refractivity contribution in [3.05, 3.63) is 0 Å². The molecule has 0 bridgehead atoms. The number of amides is 1. The van der Waals surface area contributed by atoms with Crippen LogP contribution in [0, 0.1) is 5.92 Å². The molecule has 0 aromatic heterocycles. The smallest absolute Gasteiger partial charge is 0.223 e. The summed E-state index contributed by atoms with van der Waals surface area (Å²) in [6.07, 6.45) is 4.21. The van der Waals surface area contributed by atoms with Crippen LogP contribution >= 0.6 is 0 Å². The second-order valence-corrected chi connectivity index (χ2v) is 4.65. The predicted octanol–water partition coefficient (Wildman–Crippen LogP) is 1.08. The van der Waals surface area contributed by atoms with Crippen molar-refractivity contribution in [1.29, 1.82) is 0 Å².